The zero-order chi connectivity index (χ0) is 11.5. The van der Waals surface area contributed by atoms with Crippen molar-refractivity contribution in [3.05, 3.63) is 29.6 Å². The summed E-state index contributed by atoms with van der Waals surface area (Å²) < 4.78 is 0. The Labute approximate surface area is 98.5 Å². The molecule has 2 nitrogen and oxygen atoms in total. The first-order chi connectivity index (χ1) is 7.72. The van der Waals surface area contributed by atoms with E-state index in [0.29, 0.717) is 6.04 Å². The molecule has 1 aliphatic carbocycles. The molecule has 0 aliphatic heterocycles. The molecule has 2 heteroatoms. The molecule has 0 amide bonds. The summed E-state index contributed by atoms with van der Waals surface area (Å²) in [5, 5.41) is 3.71. The maximum absolute atomic E-state index is 4.21. The van der Waals surface area contributed by atoms with Gasteiger partial charge in [0.15, 0.2) is 0 Å². The van der Waals surface area contributed by atoms with Gasteiger partial charge in [-0.1, -0.05) is 13.3 Å². The van der Waals surface area contributed by atoms with Gasteiger partial charge < -0.3 is 5.32 Å². The molecule has 1 aliphatic rings. The number of nitrogens with zero attached hydrogens (tertiary/aromatic N) is 1. The average Bonchev–Trinajstić information content (AvgIpc) is 2.97. The first-order valence-corrected chi connectivity index (χ1v) is 6.39. The molecule has 0 spiro atoms. The van der Waals surface area contributed by atoms with Crippen LogP contribution in [-0.4, -0.2) is 11.0 Å². The van der Waals surface area contributed by atoms with Crippen LogP contribution in [-0.2, 0) is 0 Å². The van der Waals surface area contributed by atoms with Crippen LogP contribution >= 0.6 is 0 Å². The molecule has 88 valence electrons. The fraction of sp³-hybridized carbons (Fsp3) is 0.643. The second kappa shape index (κ2) is 4.96. The lowest BCUT2D eigenvalue weighted by atomic mass is 10.1. The van der Waals surface area contributed by atoms with Crippen LogP contribution < -0.4 is 5.32 Å². The Hall–Kier alpha value is -0.890. The third-order valence-corrected chi connectivity index (χ3v) is 3.59. The van der Waals surface area contributed by atoms with Gasteiger partial charge in [-0.05, 0) is 49.8 Å². The molecule has 1 aromatic rings. The summed E-state index contributed by atoms with van der Waals surface area (Å²) >= 11 is 0. The Morgan fingerprint density at radius 2 is 2.38 bits per heavy atom. The average molecular weight is 218 g/mol. The molecule has 0 bridgehead atoms. The molecule has 1 N–H and O–H groups in total. The van der Waals surface area contributed by atoms with E-state index in [2.05, 4.69) is 37.1 Å². The van der Waals surface area contributed by atoms with E-state index < -0.39 is 0 Å². The Kier molecular flexibility index (Phi) is 3.59. The van der Waals surface area contributed by atoms with E-state index in [0.717, 1.165) is 12.0 Å². The summed E-state index contributed by atoms with van der Waals surface area (Å²) in [6.07, 6.45) is 7.89. The minimum absolute atomic E-state index is 0.431. The van der Waals surface area contributed by atoms with Gasteiger partial charge in [-0.2, -0.15) is 0 Å². The molecular weight excluding hydrogens is 196 g/mol. The minimum atomic E-state index is 0.431. The molecule has 0 saturated heterocycles. The van der Waals surface area contributed by atoms with Crippen molar-refractivity contribution in [1.29, 1.82) is 0 Å². The number of nitrogens with one attached hydrogen (secondary N) is 1. The number of pyridine rings is 1. The molecule has 1 heterocycles. The highest BCUT2D eigenvalue weighted by atomic mass is 15.0. The maximum atomic E-state index is 4.21. The second-order valence-corrected chi connectivity index (χ2v) is 5.01. The lowest BCUT2D eigenvalue weighted by Gasteiger charge is -2.16. The van der Waals surface area contributed by atoms with Crippen molar-refractivity contribution in [2.45, 2.75) is 52.1 Å². The van der Waals surface area contributed by atoms with Crippen molar-refractivity contribution >= 4 is 0 Å². The topological polar surface area (TPSA) is 24.9 Å². The van der Waals surface area contributed by atoms with Gasteiger partial charge in [-0.15, -0.1) is 0 Å². The van der Waals surface area contributed by atoms with E-state index in [1.165, 1.54) is 30.4 Å². The first-order valence-electron chi connectivity index (χ1n) is 6.39. The monoisotopic (exact) mass is 218 g/mol. The Morgan fingerprint density at radius 1 is 1.56 bits per heavy atom. The van der Waals surface area contributed by atoms with Gasteiger partial charge in [0.1, 0.15) is 0 Å². The highest BCUT2D eigenvalue weighted by Gasteiger charge is 2.36. The van der Waals surface area contributed by atoms with E-state index in [4.69, 9.17) is 0 Å². The van der Waals surface area contributed by atoms with Crippen LogP contribution in [0.4, 0.5) is 0 Å². The Balaban J connectivity index is 1.90. The summed E-state index contributed by atoms with van der Waals surface area (Å²) in [6, 6.07) is 3.26. The van der Waals surface area contributed by atoms with Crippen LogP contribution in [0.5, 0.6) is 0 Å². The van der Waals surface area contributed by atoms with E-state index in [9.17, 15) is 0 Å². The van der Waals surface area contributed by atoms with E-state index >= 15 is 0 Å². The maximum Gasteiger partial charge on any atom is 0.0318 e. The molecule has 16 heavy (non-hydrogen) atoms. The van der Waals surface area contributed by atoms with Crippen LogP contribution in [0.2, 0.25) is 0 Å². The van der Waals surface area contributed by atoms with E-state index in [1.807, 2.05) is 12.4 Å². The van der Waals surface area contributed by atoms with Gasteiger partial charge in [0, 0.05) is 24.5 Å². The molecular formula is C14H22N2. The number of aryl methyl sites for hydroxylation is 1. The largest absolute Gasteiger partial charge is 0.307 e. The number of aromatic nitrogens is 1. The summed E-state index contributed by atoms with van der Waals surface area (Å²) in [4.78, 5) is 4.21. The standard InChI is InChI=1S/C14H22N2/c1-4-5-12-8-14(12)16-11(3)13-9-15-7-6-10(13)2/h6-7,9,11-12,14,16H,4-5,8H2,1-3H3. The first kappa shape index (κ1) is 11.6. The van der Waals surface area contributed by atoms with Crippen molar-refractivity contribution in [3.8, 4) is 0 Å². The van der Waals surface area contributed by atoms with Gasteiger partial charge in [-0.25, -0.2) is 0 Å². The van der Waals surface area contributed by atoms with Crippen LogP contribution in [0.1, 0.15) is 50.3 Å². The van der Waals surface area contributed by atoms with Crippen LogP contribution in [0.25, 0.3) is 0 Å². The molecule has 3 unspecified atom stereocenters. The lowest BCUT2D eigenvalue weighted by Crippen LogP contribution is -2.23. The fourth-order valence-electron chi connectivity index (χ4n) is 2.48. The summed E-state index contributed by atoms with van der Waals surface area (Å²) in [5.74, 6) is 0.921. The van der Waals surface area contributed by atoms with Crippen LogP contribution in [0, 0.1) is 12.8 Å². The van der Waals surface area contributed by atoms with Crippen molar-refractivity contribution in [1.82, 2.24) is 10.3 Å². The van der Waals surface area contributed by atoms with Gasteiger partial charge >= 0.3 is 0 Å². The molecule has 1 fully saturated rings. The van der Waals surface area contributed by atoms with Gasteiger partial charge in [0.25, 0.3) is 0 Å². The van der Waals surface area contributed by atoms with Gasteiger partial charge in [0.2, 0.25) is 0 Å². The SMILES string of the molecule is CCCC1CC1NC(C)c1cnccc1C. The van der Waals surface area contributed by atoms with Crippen molar-refractivity contribution < 1.29 is 0 Å². The highest BCUT2D eigenvalue weighted by Crippen LogP contribution is 2.36. The molecule has 1 aromatic heterocycles. The third-order valence-electron chi connectivity index (χ3n) is 3.59. The summed E-state index contributed by atoms with van der Waals surface area (Å²) in [7, 11) is 0. The van der Waals surface area contributed by atoms with E-state index in [1.54, 1.807) is 0 Å². The van der Waals surface area contributed by atoms with Crippen LogP contribution in [0.15, 0.2) is 18.5 Å². The Bertz CT molecular complexity index is 348. The summed E-state index contributed by atoms with van der Waals surface area (Å²) in [5.41, 5.74) is 2.67. The zero-order valence-corrected chi connectivity index (χ0v) is 10.5. The van der Waals surface area contributed by atoms with Crippen molar-refractivity contribution in [2.75, 3.05) is 0 Å². The lowest BCUT2D eigenvalue weighted by molar-refractivity contribution is 0.527. The summed E-state index contributed by atoms with van der Waals surface area (Å²) in [6.45, 7) is 6.67. The fourth-order valence-corrected chi connectivity index (χ4v) is 2.48. The number of hydrogen-bond donors (Lipinski definition) is 1. The minimum Gasteiger partial charge on any atom is -0.307 e. The normalized spacial score (nSPS) is 25.4. The number of rotatable bonds is 5. The second-order valence-electron chi connectivity index (χ2n) is 5.01. The van der Waals surface area contributed by atoms with Gasteiger partial charge in [-0.3, -0.25) is 4.98 Å². The molecule has 0 aromatic carbocycles. The third kappa shape index (κ3) is 2.62. The molecule has 2 rings (SSSR count). The number of hydrogen-bond acceptors (Lipinski definition) is 2. The molecule has 1 saturated carbocycles. The highest BCUT2D eigenvalue weighted by molar-refractivity contribution is 5.24. The van der Waals surface area contributed by atoms with E-state index in [-0.39, 0.29) is 0 Å². The molecule has 0 radical (unpaired) electrons. The van der Waals surface area contributed by atoms with Crippen molar-refractivity contribution in [3.63, 3.8) is 0 Å². The van der Waals surface area contributed by atoms with Crippen molar-refractivity contribution in [2.24, 2.45) is 5.92 Å². The smallest absolute Gasteiger partial charge is 0.0318 e. The van der Waals surface area contributed by atoms with Gasteiger partial charge in [0.05, 0.1) is 0 Å². The Morgan fingerprint density at radius 3 is 3.06 bits per heavy atom. The predicted molar refractivity (Wildman–Crippen MR) is 67.3 cm³/mol. The molecule has 3 atom stereocenters. The zero-order valence-electron chi connectivity index (χ0n) is 10.5. The van der Waals surface area contributed by atoms with Crippen LogP contribution in [0.3, 0.4) is 0 Å². The predicted octanol–water partition coefficient (Wildman–Crippen LogP) is 3.23. The quantitative estimate of drug-likeness (QED) is 0.820.